The lowest BCUT2D eigenvalue weighted by molar-refractivity contribution is -0.140. The summed E-state index contributed by atoms with van der Waals surface area (Å²) >= 11 is 0. The number of ether oxygens (including phenoxy) is 3. The number of amides is 1. The number of aliphatic hydroxyl groups excluding tert-OH is 1. The first kappa shape index (κ1) is 23.8. The average molecular weight is 467 g/mol. The minimum atomic E-state index is -0.796. The van der Waals surface area contributed by atoms with Crippen molar-refractivity contribution in [2.24, 2.45) is 0 Å². The molecule has 2 aromatic rings. The molecule has 0 aliphatic carbocycles. The number of methoxy groups -OCH3 is 2. The van der Waals surface area contributed by atoms with Crippen LogP contribution in [0, 0.1) is 0 Å². The predicted molar refractivity (Wildman–Crippen MR) is 127 cm³/mol. The molecule has 2 aliphatic rings. The van der Waals surface area contributed by atoms with Crippen LogP contribution >= 0.6 is 0 Å². The SMILES string of the molecule is COc1cccc(C2/C(=C(/O)c3ccccc3)C(=O)C(=O)N2CCCN2CCOCC2)c1OC. The number of morpholine rings is 1. The maximum Gasteiger partial charge on any atom is 0.295 e. The van der Waals surface area contributed by atoms with E-state index in [4.69, 9.17) is 14.2 Å². The number of likely N-dealkylation sites (tertiary alicyclic amines) is 1. The lowest BCUT2D eigenvalue weighted by Crippen LogP contribution is -2.39. The molecule has 180 valence electrons. The summed E-state index contributed by atoms with van der Waals surface area (Å²) in [5.74, 6) is -0.630. The van der Waals surface area contributed by atoms with E-state index in [0.29, 0.717) is 48.8 Å². The van der Waals surface area contributed by atoms with E-state index in [1.807, 2.05) is 6.07 Å². The van der Waals surface area contributed by atoms with Crippen molar-refractivity contribution in [1.29, 1.82) is 0 Å². The number of ketones is 1. The quantitative estimate of drug-likeness (QED) is 0.364. The second kappa shape index (κ2) is 10.7. The van der Waals surface area contributed by atoms with E-state index >= 15 is 0 Å². The zero-order valence-corrected chi connectivity index (χ0v) is 19.5. The molecular formula is C26H30N2O6. The Kier molecular flexibility index (Phi) is 7.49. The monoisotopic (exact) mass is 466 g/mol. The number of nitrogens with zero attached hydrogens (tertiary/aromatic N) is 2. The standard InChI is InChI=1S/C26H30N2O6/c1-32-20-11-6-10-19(25(20)33-2)22-21(23(29)18-8-4-3-5-9-18)24(30)26(31)28(22)13-7-12-27-14-16-34-17-15-27/h3-6,8-11,22,29H,7,12-17H2,1-2H3/b23-21-. The minimum absolute atomic E-state index is 0.0501. The highest BCUT2D eigenvalue weighted by Crippen LogP contribution is 2.45. The van der Waals surface area contributed by atoms with Crippen LogP contribution in [-0.2, 0) is 14.3 Å². The van der Waals surface area contributed by atoms with Crippen LogP contribution < -0.4 is 9.47 Å². The van der Waals surface area contributed by atoms with E-state index < -0.39 is 17.7 Å². The first-order chi connectivity index (χ1) is 16.6. The summed E-state index contributed by atoms with van der Waals surface area (Å²) in [7, 11) is 3.05. The fraction of sp³-hybridized carbons (Fsp3) is 0.385. The van der Waals surface area contributed by atoms with Gasteiger partial charge in [-0.2, -0.15) is 0 Å². The van der Waals surface area contributed by atoms with Crippen LogP contribution in [0.4, 0.5) is 0 Å². The third-order valence-electron chi connectivity index (χ3n) is 6.29. The number of carbonyl (C=O) groups is 2. The summed E-state index contributed by atoms with van der Waals surface area (Å²) in [5.41, 5.74) is 1.11. The molecule has 8 nitrogen and oxygen atoms in total. The third-order valence-corrected chi connectivity index (χ3v) is 6.29. The molecule has 0 spiro atoms. The summed E-state index contributed by atoms with van der Waals surface area (Å²) in [5, 5.41) is 11.2. The van der Waals surface area contributed by atoms with Gasteiger partial charge in [0, 0.05) is 37.3 Å². The van der Waals surface area contributed by atoms with Crippen molar-refractivity contribution in [3.63, 3.8) is 0 Å². The normalized spacial score (nSPS) is 20.5. The summed E-state index contributed by atoms with van der Waals surface area (Å²) in [4.78, 5) is 30.2. The molecule has 0 bridgehead atoms. The first-order valence-corrected chi connectivity index (χ1v) is 11.4. The molecule has 0 aromatic heterocycles. The number of rotatable bonds is 8. The number of para-hydroxylation sites is 1. The Morgan fingerprint density at radius 1 is 1.00 bits per heavy atom. The molecule has 1 amide bonds. The van der Waals surface area contributed by atoms with Crippen molar-refractivity contribution in [2.45, 2.75) is 12.5 Å². The fourth-order valence-electron chi connectivity index (χ4n) is 4.60. The van der Waals surface area contributed by atoms with Crippen molar-refractivity contribution < 1.29 is 28.9 Å². The molecule has 2 aliphatic heterocycles. The van der Waals surface area contributed by atoms with Crippen LogP contribution in [-0.4, -0.2) is 80.2 Å². The first-order valence-electron chi connectivity index (χ1n) is 11.4. The van der Waals surface area contributed by atoms with Crippen LogP contribution in [0.1, 0.15) is 23.6 Å². The van der Waals surface area contributed by atoms with Crippen LogP contribution in [0.25, 0.3) is 5.76 Å². The van der Waals surface area contributed by atoms with Crippen molar-refractivity contribution in [3.05, 3.63) is 65.2 Å². The number of carbonyl (C=O) groups excluding carboxylic acids is 2. The molecule has 2 saturated heterocycles. The lowest BCUT2D eigenvalue weighted by atomic mass is 9.94. The molecule has 8 heteroatoms. The predicted octanol–water partition coefficient (Wildman–Crippen LogP) is 2.85. The molecule has 0 saturated carbocycles. The zero-order chi connectivity index (χ0) is 24.1. The summed E-state index contributed by atoms with van der Waals surface area (Å²) in [6.07, 6.45) is 0.682. The second-order valence-corrected chi connectivity index (χ2v) is 8.25. The smallest absolute Gasteiger partial charge is 0.295 e. The second-order valence-electron chi connectivity index (χ2n) is 8.25. The Hall–Kier alpha value is -3.36. The third kappa shape index (κ3) is 4.64. The Morgan fingerprint density at radius 2 is 1.74 bits per heavy atom. The highest BCUT2D eigenvalue weighted by molar-refractivity contribution is 6.46. The summed E-state index contributed by atoms with van der Waals surface area (Å²) in [6, 6.07) is 13.3. The molecule has 1 atom stereocenters. The highest BCUT2D eigenvalue weighted by atomic mass is 16.5. The average Bonchev–Trinajstić information content (AvgIpc) is 3.13. The van der Waals surface area contributed by atoms with Gasteiger partial charge < -0.3 is 24.2 Å². The van der Waals surface area contributed by atoms with Crippen LogP contribution in [0.15, 0.2) is 54.1 Å². The number of hydrogen-bond acceptors (Lipinski definition) is 7. The van der Waals surface area contributed by atoms with Gasteiger partial charge in [-0.1, -0.05) is 42.5 Å². The fourth-order valence-corrected chi connectivity index (χ4v) is 4.60. The number of aliphatic hydroxyl groups is 1. The van der Waals surface area contributed by atoms with E-state index in [1.165, 1.54) is 19.1 Å². The van der Waals surface area contributed by atoms with Gasteiger partial charge in [0.1, 0.15) is 5.76 Å². The Balaban J connectivity index is 1.74. The number of hydrogen-bond donors (Lipinski definition) is 1. The maximum absolute atomic E-state index is 13.2. The molecule has 0 radical (unpaired) electrons. The Morgan fingerprint density at radius 3 is 2.41 bits per heavy atom. The van der Waals surface area contributed by atoms with Crippen LogP contribution in [0.5, 0.6) is 11.5 Å². The van der Waals surface area contributed by atoms with Crippen molar-refractivity contribution >= 4 is 17.4 Å². The van der Waals surface area contributed by atoms with Gasteiger partial charge in [0.25, 0.3) is 11.7 Å². The van der Waals surface area contributed by atoms with Gasteiger partial charge in [-0.3, -0.25) is 14.5 Å². The molecule has 2 fully saturated rings. The maximum atomic E-state index is 13.2. The van der Waals surface area contributed by atoms with E-state index in [9.17, 15) is 14.7 Å². The molecule has 2 aromatic carbocycles. The molecule has 1 unspecified atom stereocenters. The molecule has 4 rings (SSSR count). The lowest BCUT2D eigenvalue weighted by Gasteiger charge is -2.29. The van der Waals surface area contributed by atoms with Crippen LogP contribution in [0.3, 0.4) is 0 Å². The molecule has 1 N–H and O–H groups in total. The van der Waals surface area contributed by atoms with E-state index in [1.54, 1.807) is 42.5 Å². The highest BCUT2D eigenvalue weighted by Gasteiger charge is 2.47. The number of benzene rings is 2. The Labute approximate surface area is 199 Å². The largest absolute Gasteiger partial charge is 0.507 e. The van der Waals surface area contributed by atoms with Crippen molar-refractivity contribution in [3.8, 4) is 11.5 Å². The summed E-state index contributed by atoms with van der Waals surface area (Å²) in [6.45, 7) is 4.23. The summed E-state index contributed by atoms with van der Waals surface area (Å²) < 4.78 is 16.5. The molecule has 34 heavy (non-hydrogen) atoms. The topological polar surface area (TPSA) is 88.5 Å². The van der Waals surface area contributed by atoms with Gasteiger partial charge in [0.2, 0.25) is 0 Å². The van der Waals surface area contributed by atoms with Gasteiger partial charge in [0.15, 0.2) is 11.5 Å². The van der Waals surface area contributed by atoms with E-state index in [0.717, 1.165) is 19.6 Å². The van der Waals surface area contributed by atoms with Gasteiger partial charge in [-0.05, 0) is 12.5 Å². The number of Topliss-reactive ketones (excluding diaryl/α,β-unsaturated/α-hetero) is 1. The zero-order valence-electron chi connectivity index (χ0n) is 19.5. The van der Waals surface area contributed by atoms with Gasteiger partial charge in [0.05, 0.1) is 39.0 Å². The molecular weight excluding hydrogens is 436 g/mol. The Bertz CT molecular complexity index is 1060. The van der Waals surface area contributed by atoms with Gasteiger partial charge >= 0.3 is 0 Å². The van der Waals surface area contributed by atoms with Crippen LogP contribution in [0.2, 0.25) is 0 Å². The van der Waals surface area contributed by atoms with E-state index in [2.05, 4.69) is 4.90 Å². The van der Waals surface area contributed by atoms with Gasteiger partial charge in [-0.25, -0.2) is 0 Å². The van der Waals surface area contributed by atoms with Crippen molar-refractivity contribution in [1.82, 2.24) is 9.80 Å². The van der Waals surface area contributed by atoms with Crippen molar-refractivity contribution in [2.75, 3.05) is 53.6 Å². The van der Waals surface area contributed by atoms with Gasteiger partial charge in [-0.15, -0.1) is 0 Å². The molecule has 2 heterocycles. The minimum Gasteiger partial charge on any atom is -0.507 e. The van der Waals surface area contributed by atoms with E-state index in [-0.39, 0.29) is 11.3 Å².